The van der Waals surface area contributed by atoms with Crippen LogP contribution in [0.25, 0.3) is 0 Å². The van der Waals surface area contributed by atoms with E-state index < -0.39 is 0 Å². The molecule has 0 amide bonds. The molecule has 166 valence electrons. The summed E-state index contributed by atoms with van der Waals surface area (Å²) in [5.41, 5.74) is 1.43. The average molecular weight is 535 g/mol. The Morgan fingerprint density at radius 3 is 2.38 bits per heavy atom. The van der Waals surface area contributed by atoms with Gasteiger partial charge in [-0.25, -0.2) is 4.98 Å². The van der Waals surface area contributed by atoms with Crippen LogP contribution in [0.1, 0.15) is 47.7 Å². The zero-order valence-corrected chi connectivity index (χ0v) is 21.7. The number of aryl methyl sites for hydroxylation is 2. The van der Waals surface area contributed by atoms with Crippen LogP contribution in [0, 0.1) is 13.8 Å². The lowest BCUT2D eigenvalue weighted by Gasteiger charge is -2.50. The van der Waals surface area contributed by atoms with Crippen molar-refractivity contribution in [3.8, 4) is 0 Å². The fourth-order valence-electron chi connectivity index (χ4n) is 4.41. The minimum atomic E-state index is 0. The van der Waals surface area contributed by atoms with Crippen LogP contribution >= 0.6 is 35.3 Å². The summed E-state index contributed by atoms with van der Waals surface area (Å²) in [5.74, 6) is 0.917. The van der Waals surface area contributed by atoms with Crippen LogP contribution in [0.2, 0.25) is 0 Å². The highest BCUT2D eigenvalue weighted by Gasteiger charge is 2.39. The summed E-state index contributed by atoms with van der Waals surface area (Å²) in [4.78, 5) is 15.7. The Balaban J connectivity index is 0.00000300. The lowest BCUT2D eigenvalue weighted by molar-refractivity contribution is 0.0173. The van der Waals surface area contributed by atoms with Gasteiger partial charge in [-0.05, 0) is 72.8 Å². The van der Waals surface area contributed by atoms with E-state index in [1.165, 1.54) is 68.2 Å². The number of hydrogen-bond acceptors (Lipinski definition) is 5. The van der Waals surface area contributed by atoms with E-state index in [4.69, 9.17) is 0 Å². The van der Waals surface area contributed by atoms with Gasteiger partial charge in [0.1, 0.15) is 0 Å². The Bertz CT molecular complexity index is 628. The summed E-state index contributed by atoms with van der Waals surface area (Å²) >= 11 is 1.81. The number of piperidine rings is 2. The summed E-state index contributed by atoms with van der Waals surface area (Å²) in [7, 11) is 4.12. The summed E-state index contributed by atoms with van der Waals surface area (Å²) < 4.78 is 0. The molecular formula is C21H39IN6S. The average Bonchev–Trinajstić information content (AvgIpc) is 3.04. The van der Waals surface area contributed by atoms with Crippen LogP contribution in [-0.4, -0.2) is 79.6 Å². The minimum Gasteiger partial charge on any atom is -0.356 e. The first-order valence-electron chi connectivity index (χ1n) is 10.8. The summed E-state index contributed by atoms with van der Waals surface area (Å²) in [6.07, 6.45) is 7.51. The second kappa shape index (κ2) is 11.8. The number of hydrogen-bond donors (Lipinski definition) is 2. The smallest absolute Gasteiger partial charge is 0.191 e. The third-order valence-corrected chi connectivity index (χ3v) is 7.59. The maximum atomic E-state index is 4.64. The van der Waals surface area contributed by atoms with Gasteiger partial charge in [-0.2, -0.15) is 0 Å². The maximum absolute atomic E-state index is 4.64. The van der Waals surface area contributed by atoms with Crippen LogP contribution in [0.4, 0.5) is 0 Å². The molecule has 0 atom stereocenters. The highest BCUT2D eigenvalue weighted by molar-refractivity contribution is 14.0. The van der Waals surface area contributed by atoms with Crippen molar-refractivity contribution in [1.29, 1.82) is 0 Å². The van der Waals surface area contributed by atoms with E-state index in [-0.39, 0.29) is 29.5 Å². The lowest BCUT2D eigenvalue weighted by Crippen LogP contribution is -2.62. The van der Waals surface area contributed by atoms with Gasteiger partial charge in [0.15, 0.2) is 5.96 Å². The first-order chi connectivity index (χ1) is 13.5. The molecule has 0 saturated carbocycles. The maximum Gasteiger partial charge on any atom is 0.191 e. The molecule has 1 aromatic rings. The van der Waals surface area contributed by atoms with Gasteiger partial charge in [-0.3, -0.25) is 9.89 Å². The van der Waals surface area contributed by atoms with Gasteiger partial charge in [0.25, 0.3) is 0 Å². The Labute approximate surface area is 198 Å². The number of rotatable bonds is 6. The van der Waals surface area contributed by atoms with Crippen molar-refractivity contribution in [1.82, 2.24) is 25.4 Å². The molecule has 0 bridgehead atoms. The number of likely N-dealkylation sites (tertiary alicyclic amines) is 2. The van der Waals surface area contributed by atoms with Gasteiger partial charge in [0.2, 0.25) is 0 Å². The molecule has 1 aromatic heterocycles. The van der Waals surface area contributed by atoms with E-state index in [1.54, 1.807) is 11.3 Å². The molecule has 6 nitrogen and oxygen atoms in total. The van der Waals surface area contributed by atoms with Crippen molar-refractivity contribution < 1.29 is 0 Å². The summed E-state index contributed by atoms with van der Waals surface area (Å²) in [6.45, 7) is 11.0. The van der Waals surface area contributed by atoms with Crippen LogP contribution in [0.15, 0.2) is 4.99 Å². The first kappa shape index (κ1) is 24.8. The molecule has 0 aliphatic carbocycles. The number of nitrogens with zero attached hydrogens (tertiary/aromatic N) is 4. The third-order valence-electron chi connectivity index (χ3n) is 6.46. The van der Waals surface area contributed by atoms with E-state index in [0.29, 0.717) is 0 Å². The molecule has 2 fully saturated rings. The standard InChI is InChI=1S/C21H38N6S.HI/c1-17-18(2)28-19(25-17)8-11-23-20(22-3)24-16-21(9-14-26(4)15-10-21)27-12-6-5-7-13-27;/h5-16H2,1-4H3,(H2,22,23,24);1H. The zero-order chi connectivity index (χ0) is 20.0. The molecule has 3 rings (SSSR count). The minimum absolute atomic E-state index is 0. The van der Waals surface area contributed by atoms with Crippen molar-refractivity contribution in [2.75, 3.05) is 53.4 Å². The Kier molecular flexibility index (Phi) is 10.1. The van der Waals surface area contributed by atoms with Crippen molar-refractivity contribution >= 4 is 41.3 Å². The molecule has 0 aromatic carbocycles. The van der Waals surface area contributed by atoms with Gasteiger partial charge < -0.3 is 15.5 Å². The fourth-order valence-corrected chi connectivity index (χ4v) is 5.34. The predicted molar refractivity (Wildman–Crippen MR) is 135 cm³/mol. The molecule has 0 spiro atoms. The molecule has 29 heavy (non-hydrogen) atoms. The number of guanidine groups is 1. The molecule has 3 heterocycles. The van der Waals surface area contributed by atoms with Gasteiger partial charge in [0.05, 0.1) is 10.7 Å². The van der Waals surface area contributed by atoms with E-state index in [2.05, 4.69) is 51.3 Å². The molecular weight excluding hydrogens is 495 g/mol. The van der Waals surface area contributed by atoms with Crippen LogP contribution < -0.4 is 10.6 Å². The quantitative estimate of drug-likeness (QED) is 0.334. The second-order valence-corrected chi connectivity index (χ2v) is 9.71. The normalized spacial score (nSPS) is 20.9. The Morgan fingerprint density at radius 2 is 1.79 bits per heavy atom. The number of nitrogens with one attached hydrogen (secondary N) is 2. The third kappa shape index (κ3) is 6.77. The second-order valence-electron chi connectivity index (χ2n) is 8.43. The predicted octanol–water partition coefficient (Wildman–Crippen LogP) is 3.04. The monoisotopic (exact) mass is 534 g/mol. The zero-order valence-electron chi connectivity index (χ0n) is 18.6. The van der Waals surface area contributed by atoms with E-state index in [0.717, 1.165) is 31.2 Å². The topological polar surface area (TPSA) is 55.8 Å². The van der Waals surface area contributed by atoms with Gasteiger partial charge in [0, 0.05) is 37.0 Å². The largest absolute Gasteiger partial charge is 0.356 e. The van der Waals surface area contributed by atoms with E-state index in [9.17, 15) is 0 Å². The molecule has 2 aliphatic heterocycles. The van der Waals surface area contributed by atoms with Gasteiger partial charge in [-0.1, -0.05) is 6.42 Å². The molecule has 8 heteroatoms. The Hall–Kier alpha value is -0.450. The molecule has 2 aliphatic rings. The van der Waals surface area contributed by atoms with Crippen molar-refractivity contribution in [2.45, 2.75) is 57.9 Å². The fraction of sp³-hybridized carbons (Fsp3) is 0.810. The number of aromatic nitrogens is 1. The van der Waals surface area contributed by atoms with Crippen LogP contribution in [0.3, 0.4) is 0 Å². The van der Waals surface area contributed by atoms with Crippen molar-refractivity contribution in [3.05, 3.63) is 15.6 Å². The first-order valence-corrected chi connectivity index (χ1v) is 11.6. The highest BCUT2D eigenvalue weighted by Crippen LogP contribution is 2.30. The van der Waals surface area contributed by atoms with Gasteiger partial charge >= 0.3 is 0 Å². The molecule has 2 N–H and O–H groups in total. The number of aliphatic imine (C=N–C) groups is 1. The Morgan fingerprint density at radius 1 is 1.10 bits per heavy atom. The summed E-state index contributed by atoms with van der Waals surface area (Å²) in [5, 5.41) is 8.35. The van der Waals surface area contributed by atoms with E-state index in [1.807, 2.05) is 7.05 Å². The van der Waals surface area contributed by atoms with Crippen LogP contribution in [0.5, 0.6) is 0 Å². The van der Waals surface area contributed by atoms with Crippen molar-refractivity contribution in [3.63, 3.8) is 0 Å². The molecule has 2 saturated heterocycles. The lowest BCUT2D eigenvalue weighted by atomic mass is 9.84. The highest BCUT2D eigenvalue weighted by atomic mass is 127. The molecule has 0 radical (unpaired) electrons. The number of halogens is 1. The molecule has 0 unspecified atom stereocenters. The van der Waals surface area contributed by atoms with Gasteiger partial charge in [-0.15, -0.1) is 35.3 Å². The van der Waals surface area contributed by atoms with Crippen molar-refractivity contribution in [2.24, 2.45) is 4.99 Å². The van der Waals surface area contributed by atoms with Crippen LogP contribution in [-0.2, 0) is 6.42 Å². The van der Waals surface area contributed by atoms with E-state index >= 15 is 0 Å². The summed E-state index contributed by atoms with van der Waals surface area (Å²) in [6, 6.07) is 0. The SMILES string of the molecule is CN=C(NCCc1nc(C)c(C)s1)NCC1(N2CCCCC2)CCN(C)CC1.I. The number of thiazole rings is 1.